The number of aliphatic hydroxyl groups excluding tert-OH is 1. The number of hydrazone groups is 1. The number of anilines is 3. The lowest BCUT2D eigenvalue weighted by Gasteiger charge is -2.21. The highest BCUT2D eigenvalue weighted by Gasteiger charge is 2.32. The number of carbonyl (C=O) groups excluding carboxylic acids is 1. The molecule has 34 heavy (non-hydrogen) atoms. The number of aromatic amines is 1. The standard InChI is InChI=1S/C25H29N7O2/c1-15-17(12-31-9-7-19(33)14-31)13-32(30-15)23-6-8-26-25(29-23)28-18-4-5-22-20(10-18)21(11-27-22)24(34)16-2-3-16/h4-6,8,10-11,16-17,19,27,33H,2-3,7,9,12-14H2,1H3,(H,26,28,29)/t17?,19-/m1/s1. The summed E-state index contributed by atoms with van der Waals surface area (Å²) in [6.07, 6.45) is 6.17. The third-order valence-corrected chi connectivity index (χ3v) is 7.05. The molecular formula is C25H29N7O2. The maximum Gasteiger partial charge on any atom is 0.229 e. The number of carbonyl (C=O) groups is 1. The number of β-amino-alcohol motifs (C(OH)–C–C–N with tert-alkyl or cyclic N) is 1. The number of nitrogens with zero attached hydrogens (tertiary/aromatic N) is 5. The first kappa shape index (κ1) is 21.2. The topological polar surface area (TPSA) is 110 Å². The lowest BCUT2D eigenvalue weighted by Crippen LogP contribution is -2.33. The van der Waals surface area contributed by atoms with Gasteiger partial charge in [0, 0.05) is 77.8 Å². The number of Topliss-reactive ketones (excluding diaryl/α,β-unsaturated/α-hetero) is 1. The molecule has 0 spiro atoms. The predicted octanol–water partition coefficient (Wildman–Crippen LogP) is 3.17. The summed E-state index contributed by atoms with van der Waals surface area (Å²) in [5.74, 6) is 1.95. The van der Waals surface area contributed by atoms with Crippen molar-refractivity contribution in [3.63, 3.8) is 0 Å². The van der Waals surface area contributed by atoms with E-state index in [9.17, 15) is 9.90 Å². The summed E-state index contributed by atoms with van der Waals surface area (Å²) < 4.78 is 0. The van der Waals surface area contributed by atoms with Crippen molar-refractivity contribution in [2.45, 2.75) is 32.3 Å². The molecule has 2 atom stereocenters. The molecular weight excluding hydrogens is 430 g/mol. The number of benzene rings is 1. The average molecular weight is 460 g/mol. The normalized spacial score (nSPS) is 23.0. The Morgan fingerprint density at radius 3 is 2.91 bits per heavy atom. The maximum atomic E-state index is 12.6. The number of ketones is 1. The molecule has 3 aromatic rings. The third kappa shape index (κ3) is 4.17. The van der Waals surface area contributed by atoms with Gasteiger partial charge in [0.25, 0.3) is 0 Å². The molecule has 1 saturated carbocycles. The van der Waals surface area contributed by atoms with Crippen molar-refractivity contribution in [3.8, 4) is 0 Å². The van der Waals surface area contributed by atoms with Gasteiger partial charge >= 0.3 is 0 Å². The van der Waals surface area contributed by atoms with Gasteiger partial charge in [0.1, 0.15) is 0 Å². The van der Waals surface area contributed by atoms with E-state index in [1.54, 1.807) is 6.20 Å². The summed E-state index contributed by atoms with van der Waals surface area (Å²) in [5.41, 5.74) is 3.62. The summed E-state index contributed by atoms with van der Waals surface area (Å²) in [6.45, 7) is 5.40. The Morgan fingerprint density at radius 2 is 2.12 bits per heavy atom. The van der Waals surface area contributed by atoms with Crippen LogP contribution >= 0.6 is 0 Å². The molecule has 9 heteroatoms. The van der Waals surface area contributed by atoms with Crippen LogP contribution in [-0.4, -0.2) is 68.7 Å². The molecule has 0 amide bonds. The van der Waals surface area contributed by atoms with E-state index < -0.39 is 0 Å². The van der Waals surface area contributed by atoms with E-state index in [0.29, 0.717) is 11.9 Å². The number of hydrogen-bond acceptors (Lipinski definition) is 8. The van der Waals surface area contributed by atoms with Crippen LogP contribution < -0.4 is 10.3 Å². The van der Waals surface area contributed by atoms with Gasteiger partial charge in [0.05, 0.1) is 12.6 Å². The van der Waals surface area contributed by atoms with E-state index in [1.807, 2.05) is 35.5 Å². The lowest BCUT2D eigenvalue weighted by molar-refractivity contribution is 0.0969. The molecule has 4 heterocycles. The zero-order valence-electron chi connectivity index (χ0n) is 19.2. The number of nitrogens with one attached hydrogen (secondary N) is 2. The van der Waals surface area contributed by atoms with Crippen LogP contribution in [0.25, 0.3) is 10.9 Å². The SMILES string of the molecule is CC1=NN(c2ccnc(Nc3ccc4[nH]cc(C(=O)C5CC5)c4c3)n2)CC1CN1CC[C@@H](O)C1. The van der Waals surface area contributed by atoms with Crippen LogP contribution in [0.15, 0.2) is 41.8 Å². The molecule has 3 aliphatic rings. The fourth-order valence-corrected chi connectivity index (χ4v) is 4.93. The molecule has 0 radical (unpaired) electrons. The molecule has 1 unspecified atom stereocenters. The van der Waals surface area contributed by atoms with Gasteiger partial charge in [-0.05, 0) is 44.4 Å². The van der Waals surface area contributed by atoms with E-state index >= 15 is 0 Å². The second kappa shape index (κ2) is 8.48. The largest absolute Gasteiger partial charge is 0.392 e. The van der Waals surface area contributed by atoms with Gasteiger partial charge in [0.2, 0.25) is 5.95 Å². The van der Waals surface area contributed by atoms with Gasteiger partial charge < -0.3 is 15.4 Å². The van der Waals surface area contributed by atoms with Crippen LogP contribution in [0.5, 0.6) is 0 Å². The molecule has 9 nitrogen and oxygen atoms in total. The van der Waals surface area contributed by atoms with E-state index in [1.165, 1.54) is 0 Å². The first-order valence-electron chi connectivity index (χ1n) is 12.0. The zero-order chi connectivity index (χ0) is 23.2. The molecule has 3 N–H and O–H groups in total. The number of rotatable bonds is 7. The third-order valence-electron chi connectivity index (χ3n) is 7.05. The van der Waals surface area contributed by atoms with Crippen LogP contribution in [0, 0.1) is 11.8 Å². The predicted molar refractivity (Wildman–Crippen MR) is 132 cm³/mol. The van der Waals surface area contributed by atoms with E-state index in [2.05, 4.69) is 27.1 Å². The van der Waals surface area contributed by atoms with Crippen molar-refractivity contribution in [1.82, 2.24) is 19.9 Å². The lowest BCUT2D eigenvalue weighted by atomic mass is 10.1. The minimum Gasteiger partial charge on any atom is -0.392 e. The second-order valence-electron chi connectivity index (χ2n) is 9.69. The fourth-order valence-electron chi connectivity index (χ4n) is 4.93. The summed E-state index contributed by atoms with van der Waals surface area (Å²) in [7, 11) is 0. The Labute approximate surface area is 197 Å². The molecule has 1 aromatic carbocycles. The number of hydrogen-bond donors (Lipinski definition) is 3. The first-order chi connectivity index (χ1) is 16.5. The molecule has 6 rings (SSSR count). The fraction of sp³-hybridized carbons (Fsp3) is 0.440. The molecule has 1 aliphatic carbocycles. The molecule has 0 bridgehead atoms. The van der Waals surface area contributed by atoms with Crippen LogP contribution in [0.2, 0.25) is 0 Å². The molecule has 176 valence electrons. The van der Waals surface area contributed by atoms with E-state index in [0.717, 1.165) is 79.1 Å². The number of likely N-dealkylation sites (tertiary alicyclic amines) is 1. The van der Waals surface area contributed by atoms with Crippen LogP contribution in [-0.2, 0) is 0 Å². The first-order valence-corrected chi connectivity index (χ1v) is 12.0. The molecule has 2 aliphatic heterocycles. The number of H-pyrrole nitrogens is 1. The minimum absolute atomic E-state index is 0.180. The average Bonchev–Trinajstić information content (AvgIpc) is 3.32. The summed E-state index contributed by atoms with van der Waals surface area (Å²) >= 11 is 0. The van der Waals surface area contributed by atoms with Gasteiger partial charge in [-0.15, -0.1) is 0 Å². The molecule has 1 saturated heterocycles. The number of fused-ring (bicyclic) bond motifs is 1. The quantitative estimate of drug-likeness (QED) is 0.466. The van der Waals surface area contributed by atoms with Crippen LogP contribution in [0.3, 0.4) is 0 Å². The van der Waals surface area contributed by atoms with E-state index in [4.69, 9.17) is 10.1 Å². The van der Waals surface area contributed by atoms with Gasteiger partial charge in [-0.3, -0.25) is 9.69 Å². The monoisotopic (exact) mass is 459 g/mol. The highest BCUT2D eigenvalue weighted by atomic mass is 16.3. The van der Waals surface area contributed by atoms with Crippen molar-refractivity contribution >= 4 is 39.9 Å². The van der Waals surface area contributed by atoms with Crippen molar-refractivity contribution in [3.05, 3.63) is 42.2 Å². The smallest absolute Gasteiger partial charge is 0.229 e. The van der Waals surface area contributed by atoms with Gasteiger partial charge in [-0.2, -0.15) is 10.1 Å². The van der Waals surface area contributed by atoms with Gasteiger partial charge in [-0.1, -0.05) is 0 Å². The summed E-state index contributed by atoms with van der Waals surface area (Å²) in [6, 6.07) is 7.78. The minimum atomic E-state index is -0.210. The zero-order valence-corrected chi connectivity index (χ0v) is 19.2. The summed E-state index contributed by atoms with van der Waals surface area (Å²) in [5, 5.41) is 20.7. The maximum absolute atomic E-state index is 12.6. The summed E-state index contributed by atoms with van der Waals surface area (Å²) in [4.78, 5) is 27.2. The molecule has 2 aromatic heterocycles. The Bertz CT molecular complexity index is 1270. The van der Waals surface area contributed by atoms with Gasteiger partial charge in [0.15, 0.2) is 11.6 Å². The van der Waals surface area contributed by atoms with Gasteiger partial charge in [-0.25, -0.2) is 9.99 Å². The van der Waals surface area contributed by atoms with Crippen molar-refractivity contribution < 1.29 is 9.90 Å². The Balaban J connectivity index is 1.17. The Hall–Kier alpha value is -3.30. The van der Waals surface area contributed by atoms with Crippen LogP contribution in [0.4, 0.5) is 17.5 Å². The van der Waals surface area contributed by atoms with Crippen molar-refractivity contribution in [2.24, 2.45) is 16.9 Å². The Morgan fingerprint density at radius 1 is 1.24 bits per heavy atom. The number of aliphatic hydroxyl groups is 1. The molecule has 2 fully saturated rings. The Kier molecular flexibility index (Phi) is 5.30. The number of aromatic nitrogens is 3. The van der Waals surface area contributed by atoms with Crippen LogP contribution in [0.1, 0.15) is 36.5 Å². The highest BCUT2D eigenvalue weighted by molar-refractivity contribution is 6.10. The van der Waals surface area contributed by atoms with E-state index in [-0.39, 0.29) is 17.8 Å². The highest BCUT2D eigenvalue weighted by Crippen LogP contribution is 2.35. The van der Waals surface area contributed by atoms with Crippen molar-refractivity contribution in [2.75, 3.05) is 36.5 Å². The second-order valence-corrected chi connectivity index (χ2v) is 9.69. The van der Waals surface area contributed by atoms with Crippen molar-refractivity contribution in [1.29, 1.82) is 0 Å².